The number of nitrogens with zero attached hydrogens (tertiary/aromatic N) is 1. The van der Waals surface area contributed by atoms with Crippen molar-refractivity contribution in [1.29, 1.82) is 0 Å². The van der Waals surface area contributed by atoms with Crippen LogP contribution in [0.5, 0.6) is 5.75 Å². The molecule has 0 spiro atoms. The number of rotatable bonds is 5. The number of nitrogens with two attached hydrogens (primary N) is 1. The molecule has 2 rings (SSSR count). The molecule has 2 unspecified atom stereocenters. The van der Waals surface area contributed by atoms with Crippen LogP contribution in [0.4, 0.5) is 0 Å². The highest BCUT2D eigenvalue weighted by atomic mass is 35.5. The minimum absolute atomic E-state index is 0.0185. The van der Waals surface area contributed by atoms with Crippen molar-refractivity contribution in [2.75, 3.05) is 20.2 Å². The van der Waals surface area contributed by atoms with Crippen LogP contribution in [0.15, 0.2) is 18.2 Å². The normalized spacial score (nSPS) is 20.6. The molecule has 3 nitrogen and oxygen atoms in total. The first-order chi connectivity index (χ1) is 9.52. The summed E-state index contributed by atoms with van der Waals surface area (Å²) in [7, 11) is 1.63. The molecule has 0 saturated carbocycles. The molecule has 0 radical (unpaired) electrons. The highest BCUT2D eigenvalue weighted by Gasteiger charge is 2.38. The number of benzene rings is 1. The Kier molecular flexibility index (Phi) is 4.95. The van der Waals surface area contributed by atoms with Crippen molar-refractivity contribution in [2.24, 2.45) is 5.73 Å². The molecule has 1 heterocycles. The van der Waals surface area contributed by atoms with Crippen molar-refractivity contribution in [3.8, 4) is 5.75 Å². The Morgan fingerprint density at radius 1 is 1.40 bits per heavy atom. The molecule has 2 atom stereocenters. The summed E-state index contributed by atoms with van der Waals surface area (Å²) in [6, 6.07) is 5.81. The van der Waals surface area contributed by atoms with Gasteiger partial charge < -0.3 is 10.5 Å². The smallest absolute Gasteiger partial charge is 0.137 e. The quantitative estimate of drug-likeness (QED) is 0.902. The molecule has 0 aliphatic carbocycles. The minimum Gasteiger partial charge on any atom is -0.495 e. The number of hydrogen-bond donors (Lipinski definition) is 1. The van der Waals surface area contributed by atoms with Gasteiger partial charge in [0.2, 0.25) is 0 Å². The Hall–Kier alpha value is -0.770. The van der Waals surface area contributed by atoms with Crippen molar-refractivity contribution in [3.05, 3.63) is 28.8 Å². The van der Waals surface area contributed by atoms with Gasteiger partial charge in [-0.05, 0) is 57.0 Å². The van der Waals surface area contributed by atoms with E-state index in [4.69, 9.17) is 22.1 Å². The van der Waals surface area contributed by atoms with Gasteiger partial charge in [0, 0.05) is 11.6 Å². The van der Waals surface area contributed by atoms with Crippen LogP contribution in [0, 0.1) is 0 Å². The molecular formula is C16H25ClN2O. The fourth-order valence-electron chi connectivity index (χ4n) is 3.10. The number of hydrogen-bond acceptors (Lipinski definition) is 3. The zero-order chi connectivity index (χ0) is 14.8. The lowest BCUT2D eigenvalue weighted by Gasteiger charge is -2.43. The van der Waals surface area contributed by atoms with Crippen LogP contribution in [-0.2, 0) is 0 Å². The number of methoxy groups -OCH3 is 1. The number of likely N-dealkylation sites (tertiary alicyclic amines) is 1. The van der Waals surface area contributed by atoms with Crippen molar-refractivity contribution in [2.45, 2.75) is 44.7 Å². The molecule has 1 aromatic rings. The minimum atomic E-state index is -0.0447. The number of halogens is 1. The first-order valence-electron chi connectivity index (χ1n) is 7.37. The lowest BCUT2D eigenvalue weighted by molar-refractivity contribution is 0.0999. The fourth-order valence-corrected chi connectivity index (χ4v) is 3.29. The van der Waals surface area contributed by atoms with Crippen LogP contribution < -0.4 is 10.5 Å². The Labute approximate surface area is 127 Å². The molecule has 1 aliphatic rings. The summed E-state index contributed by atoms with van der Waals surface area (Å²) in [4.78, 5) is 2.53. The van der Waals surface area contributed by atoms with Crippen molar-refractivity contribution >= 4 is 11.6 Å². The van der Waals surface area contributed by atoms with Crippen molar-refractivity contribution < 1.29 is 4.74 Å². The van der Waals surface area contributed by atoms with Gasteiger partial charge in [0.25, 0.3) is 0 Å². The largest absolute Gasteiger partial charge is 0.495 e. The van der Waals surface area contributed by atoms with E-state index in [0.717, 1.165) is 25.1 Å². The lowest BCUT2D eigenvalue weighted by atomic mass is 9.83. The van der Waals surface area contributed by atoms with E-state index in [-0.39, 0.29) is 11.6 Å². The molecule has 2 N–H and O–H groups in total. The summed E-state index contributed by atoms with van der Waals surface area (Å²) in [5.74, 6) is 0.694. The molecule has 20 heavy (non-hydrogen) atoms. The monoisotopic (exact) mass is 296 g/mol. The van der Waals surface area contributed by atoms with Gasteiger partial charge in [-0.1, -0.05) is 24.6 Å². The van der Waals surface area contributed by atoms with Crippen molar-refractivity contribution in [1.82, 2.24) is 4.90 Å². The highest BCUT2D eigenvalue weighted by Crippen LogP contribution is 2.37. The third kappa shape index (κ3) is 2.80. The summed E-state index contributed by atoms with van der Waals surface area (Å²) in [6.45, 7) is 6.76. The van der Waals surface area contributed by atoms with Gasteiger partial charge in [0.05, 0.1) is 12.1 Å². The van der Waals surface area contributed by atoms with Gasteiger partial charge in [-0.3, -0.25) is 4.90 Å². The maximum Gasteiger partial charge on any atom is 0.137 e. The van der Waals surface area contributed by atoms with Crippen LogP contribution in [0.2, 0.25) is 5.02 Å². The topological polar surface area (TPSA) is 38.5 Å². The third-order valence-corrected chi connectivity index (χ3v) is 5.06. The summed E-state index contributed by atoms with van der Waals surface area (Å²) < 4.78 is 5.31. The van der Waals surface area contributed by atoms with Gasteiger partial charge in [0.1, 0.15) is 5.75 Å². The van der Waals surface area contributed by atoms with Gasteiger partial charge in [-0.2, -0.15) is 0 Å². The number of ether oxygens (including phenoxy) is 1. The first-order valence-corrected chi connectivity index (χ1v) is 7.74. The van der Waals surface area contributed by atoms with Crippen LogP contribution >= 0.6 is 11.6 Å². The molecule has 0 amide bonds. The van der Waals surface area contributed by atoms with Crippen LogP contribution in [0.3, 0.4) is 0 Å². The van der Waals surface area contributed by atoms with E-state index in [0.29, 0.717) is 10.8 Å². The molecule has 1 aromatic carbocycles. The van der Waals surface area contributed by atoms with E-state index in [1.165, 1.54) is 12.8 Å². The van der Waals surface area contributed by atoms with Gasteiger partial charge in [-0.25, -0.2) is 0 Å². The zero-order valence-electron chi connectivity index (χ0n) is 12.7. The Morgan fingerprint density at radius 2 is 2.05 bits per heavy atom. The SMILES string of the molecule is CCC(C)(C(N)c1ccc(Cl)c(OC)c1)N1CCCC1. The summed E-state index contributed by atoms with van der Waals surface area (Å²) >= 11 is 6.10. The third-order valence-electron chi connectivity index (χ3n) is 4.75. The van der Waals surface area contributed by atoms with E-state index in [1.54, 1.807) is 7.11 Å². The molecular weight excluding hydrogens is 272 g/mol. The van der Waals surface area contributed by atoms with Crippen molar-refractivity contribution in [3.63, 3.8) is 0 Å². The Balaban J connectivity index is 2.30. The predicted molar refractivity (Wildman–Crippen MR) is 84.4 cm³/mol. The molecule has 4 heteroatoms. The maximum absolute atomic E-state index is 6.60. The molecule has 1 saturated heterocycles. The van der Waals surface area contributed by atoms with E-state index in [2.05, 4.69) is 18.7 Å². The van der Waals surface area contributed by atoms with Gasteiger partial charge in [-0.15, -0.1) is 0 Å². The molecule has 0 bridgehead atoms. The van der Waals surface area contributed by atoms with E-state index < -0.39 is 0 Å². The van der Waals surface area contributed by atoms with Crippen LogP contribution in [-0.4, -0.2) is 30.6 Å². The standard InChI is InChI=1S/C16H25ClN2O/c1-4-16(2,19-9-5-6-10-19)15(18)12-7-8-13(17)14(11-12)20-3/h7-8,11,15H,4-6,9-10,18H2,1-3H3. The van der Waals surface area contributed by atoms with Gasteiger partial charge in [0.15, 0.2) is 0 Å². The first kappa shape index (κ1) is 15.6. The molecule has 1 fully saturated rings. The zero-order valence-corrected chi connectivity index (χ0v) is 13.4. The van der Waals surface area contributed by atoms with E-state index >= 15 is 0 Å². The summed E-state index contributed by atoms with van der Waals surface area (Å²) in [5, 5.41) is 0.628. The highest BCUT2D eigenvalue weighted by molar-refractivity contribution is 6.32. The van der Waals surface area contributed by atoms with Crippen LogP contribution in [0.1, 0.15) is 44.7 Å². The average Bonchev–Trinajstić information content (AvgIpc) is 3.01. The second-order valence-electron chi connectivity index (χ2n) is 5.78. The second-order valence-corrected chi connectivity index (χ2v) is 6.18. The Morgan fingerprint density at radius 3 is 2.60 bits per heavy atom. The molecule has 0 aromatic heterocycles. The maximum atomic E-state index is 6.60. The molecule has 1 aliphatic heterocycles. The van der Waals surface area contributed by atoms with Crippen LogP contribution in [0.25, 0.3) is 0 Å². The molecule has 112 valence electrons. The fraction of sp³-hybridized carbons (Fsp3) is 0.625. The lowest BCUT2D eigenvalue weighted by Crippen LogP contribution is -2.51. The predicted octanol–water partition coefficient (Wildman–Crippen LogP) is 3.61. The second kappa shape index (κ2) is 6.33. The summed E-state index contributed by atoms with van der Waals surface area (Å²) in [6.07, 6.45) is 3.57. The Bertz CT molecular complexity index is 460. The van der Waals surface area contributed by atoms with Gasteiger partial charge >= 0.3 is 0 Å². The summed E-state index contributed by atoms with van der Waals surface area (Å²) in [5.41, 5.74) is 7.66. The van der Waals surface area contributed by atoms with E-state index in [9.17, 15) is 0 Å². The average molecular weight is 297 g/mol. The van der Waals surface area contributed by atoms with E-state index in [1.807, 2.05) is 18.2 Å².